The first-order chi connectivity index (χ1) is 13.6. The van der Waals surface area contributed by atoms with Crippen molar-refractivity contribution in [1.82, 2.24) is 15.6 Å². The summed E-state index contributed by atoms with van der Waals surface area (Å²) in [5.74, 6) is 0.196. The Hall–Kier alpha value is -3.15. The quantitative estimate of drug-likeness (QED) is 0.716. The van der Waals surface area contributed by atoms with Gasteiger partial charge in [-0.05, 0) is 62.4 Å². The van der Waals surface area contributed by atoms with Gasteiger partial charge in [0.25, 0.3) is 5.91 Å². The first-order valence-electron chi connectivity index (χ1n) is 9.61. The second-order valence-corrected chi connectivity index (χ2v) is 7.18. The van der Waals surface area contributed by atoms with Gasteiger partial charge in [-0.25, -0.2) is 0 Å². The zero-order chi connectivity index (χ0) is 19.5. The number of rotatable bonds is 5. The molecule has 144 valence electrons. The minimum atomic E-state index is -0.256. The molecule has 2 heterocycles. The molecule has 0 fully saturated rings. The number of fused-ring (bicyclic) bond motifs is 2. The summed E-state index contributed by atoms with van der Waals surface area (Å²) in [6.07, 6.45) is 5.44. The van der Waals surface area contributed by atoms with Gasteiger partial charge in [0.15, 0.2) is 0 Å². The molecule has 6 nitrogen and oxygen atoms in total. The van der Waals surface area contributed by atoms with Crippen LogP contribution in [0.2, 0.25) is 0 Å². The van der Waals surface area contributed by atoms with Gasteiger partial charge in [0.05, 0.1) is 30.4 Å². The second-order valence-electron chi connectivity index (χ2n) is 7.18. The molecular formula is C22H23N3O3. The molecule has 28 heavy (non-hydrogen) atoms. The molecule has 1 aromatic carbocycles. The van der Waals surface area contributed by atoms with Crippen LogP contribution in [0.1, 0.15) is 45.8 Å². The number of pyridine rings is 1. The zero-order valence-electron chi connectivity index (χ0n) is 15.9. The molecule has 3 aromatic rings. The van der Waals surface area contributed by atoms with E-state index in [1.807, 2.05) is 25.1 Å². The summed E-state index contributed by atoms with van der Waals surface area (Å²) in [5, 5.41) is 6.38. The van der Waals surface area contributed by atoms with Gasteiger partial charge in [0, 0.05) is 11.1 Å². The number of hydrogen-bond acceptors (Lipinski definition) is 4. The predicted octanol–water partition coefficient (Wildman–Crippen LogP) is 3.06. The summed E-state index contributed by atoms with van der Waals surface area (Å²) < 4.78 is 5.19. The van der Waals surface area contributed by atoms with Crippen LogP contribution in [0.3, 0.4) is 0 Å². The summed E-state index contributed by atoms with van der Waals surface area (Å²) >= 11 is 0. The molecule has 0 unspecified atom stereocenters. The fourth-order valence-corrected chi connectivity index (χ4v) is 3.71. The van der Waals surface area contributed by atoms with E-state index in [0.717, 1.165) is 53.4 Å². The van der Waals surface area contributed by atoms with E-state index >= 15 is 0 Å². The Morgan fingerprint density at radius 3 is 2.82 bits per heavy atom. The van der Waals surface area contributed by atoms with E-state index in [2.05, 4.69) is 10.6 Å². The molecule has 6 heteroatoms. The minimum Gasteiger partial charge on any atom is -0.467 e. The van der Waals surface area contributed by atoms with Crippen molar-refractivity contribution in [3.05, 3.63) is 64.7 Å². The zero-order valence-corrected chi connectivity index (χ0v) is 15.9. The van der Waals surface area contributed by atoms with Crippen molar-refractivity contribution in [3.63, 3.8) is 0 Å². The van der Waals surface area contributed by atoms with Gasteiger partial charge < -0.3 is 15.1 Å². The van der Waals surface area contributed by atoms with E-state index in [0.29, 0.717) is 17.9 Å². The van der Waals surface area contributed by atoms with Gasteiger partial charge in [-0.1, -0.05) is 11.6 Å². The third-order valence-electron chi connectivity index (χ3n) is 5.09. The average Bonchev–Trinajstić information content (AvgIpc) is 3.22. The van der Waals surface area contributed by atoms with Crippen LogP contribution in [0.15, 0.2) is 41.0 Å². The molecule has 1 aliphatic rings. The molecule has 0 saturated heterocycles. The molecule has 0 spiro atoms. The normalized spacial score (nSPS) is 13.2. The summed E-state index contributed by atoms with van der Waals surface area (Å²) in [5.41, 5.74) is 4.61. The first-order valence-corrected chi connectivity index (χ1v) is 9.61. The van der Waals surface area contributed by atoms with Gasteiger partial charge in [-0.15, -0.1) is 0 Å². The average molecular weight is 377 g/mol. The Balaban J connectivity index is 1.54. The monoisotopic (exact) mass is 377 g/mol. The van der Waals surface area contributed by atoms with Gasteiger partial charge in [-0.3, -0.25) is 14.6 Å². The Morgan fingerprint density at radius 2 is 2.00 bits per heavy atom. The number of amides is 2. The van der Waals surface area contributed by atoms with Crippen LogP contribution in [-0.4, -0.2) is 23.3 Å². The Morgan fingerprint density at radius 1 is 1.14 bits per heavy atom. The van der Waals surface area contributed by atoms with Crippen molar-refractivity contribution >= 4 is 22.7 Å². The topological polar surface area (TPSA) is 84.2 Å². The third kappa shape index (κ3) is 3.76. The van der Waals surface area contributed by atoms with Crippen molar-refractivity contribution in [2.45, 2.75) is 39.2 Å². The number of carbonyl (C=O) groups excluding carboxylic acids is 2. The van der Waals surface area contributed by atoms with Gasteiger partial charge in [0.1, 0.15) is 5.76 Å². The summed E-state index contributed by atoms with van der Waals surface area (Å²) in [7, 11) is 0. The number of nitrogens with one attached hydrogen (secondary N) is 2. The van der Waals surface area contributed by atoms with E-state index in [-0.39, 0.29) is 18.4 Å². The summed E-state index contributed by atoms with van der Waals surface area (Å²) in [6.45, 7) is 2.22. The molecule has 0 atom stereocenters. The largest absolute Gasteiger partial charge is 0.467 e. The number of aryl methyl sites for hydroxylation is 2. The van der Waals surface area contributed by atoms with Gasteiger partial charge in [-0.2, -0.15) is 0 Å². The van der Waals surface area contributed by atoms with E-state index in [1.54, 1.807) is 18.4 Å². The van der Waals surface area contributed by atoms with Crippen LogP contribution < -0.4 is 10.6 Å². The molecule has 0 bridgehead atoms. The van der Waals surface area contributed by atoms with Crippen LogP contribution in [0, 0.1) is 6.92 Å². The van der Waals surface area contributed by atoms with Crippen LogP contribution in [0.5, 0.6) is 0 Å². The van der Waals surface area contributed by atoms with Crippen LogP contribution in [0.4, 0.5) is 0 Å². The lowest BCUT2D eigenvalue weighted by Crippen LogP contribution is -2.37. The summed E-state index contributed by atoms with van der Waals surface area (Å²) in [6, 6.07) is 9.53. The van der Waals surface area contributed by atoms with Crippen LogP contribution in [0.25, 0.3) is 10.9 Å². The fourth-order valence-electron chi connectivity index (χ4n) is 3.71. The maximum Gasteiger partial charge on any atom is 0.252 e. The van der Waals surface area contributed by atoms with Gasteiger partial charge >= 0.3 is 0 Å². The van der Waals surface area contributed by atoms with Crippen molar-refractivity contribution in [2.75, 3.05) is 6.54 Å². The SMILES string of the molecule is Cc1ccc2nc3c(c(C(=O)NCC(=O)NCc4ccco4)c2c1)CCCC3. The molecule has 1 aliphatic carbocycles. The molecule has 0 aliphatic heterocycles. The lowest BCUT2D eigenvalue weighted by molar-refractivity contribution is -0.120. The number of hydrogen-bond donors (Lipinski definition) is 2. The molecular weight excluding hydrogens is 354 g/mol. The number of carbonyl (C=O) groups is 2. The highest BCUT2D eigenvalue weighted by atomic mass is 16.3. The number of benzene rings is 1. The Bertz CT molecular complexity index is 1030. The first kappa shape index (κ1) is 18.2. The standard InChI is InChI=1S/C22H23N3O3/c1-14-8-9-19-17(11-14)21(16-6-2-3-7-18(16)25-19)22(27)24-13-20(26)23-12-15-5-4-10-28-15/h4-5,8-11H,2-3,6-7,12-13H2,1H3,(H,23,26)(H,24,27). The van der Waals surface area contributed by atoms with E-state index in [4.69, 9.17) is 9.40 Å². The Kier molecular flexibility index (Phi) is 5.10. The number of furan rings is 1. The van der Waals surface area contributed by atoms with Crippen LogP contribution >= 0.6 is 0 Å². The number of aromatic nitrogens is 1. The Labute approximate surface area is 163 Å². The summed E-state index contributed by atoms with van der Waals surface area (Å²) in [4.78, 5) is 29.9. The predicted molar refractivity (Wildman–Crippen MR) is 106 cm³/mol. The lowest BCUT2D eigenvalue weighted by atomic mass is 9.89. The molecule has 0 saturated carbocycles. The minimum absolute atomic E-state index is 0.0794. The molecule has 2 N–H and O–H groups in total. The maximum atomic E-state index is 13.0. The van der Waals surface area contributed by atoms with Crippen molar-refractivity contribution in [2.24, 2.45) is 0 Å². The smallest absolute Gasteiger partial charge is 0.252 e. The highest BCUT2D eigenvalue weighted by Crippen LogP contribution is 2.29. The number of nitrogens with zero attached hydrogens (tertiary/aromatic N) is 1. The lowest BCUT2D eigenvalue weighted by Gasteiger charge is -2.20. The molecule has 2 aromatic heterocycles. The second kappa shape index (κ2) is 7.84. The fraction of sp³-hybridized carbons (Fsp3) is 0.318. The van der Waals surface area contributed by atoms with E-state index in [9.17, 15) is 9.59 Å². The molecule has 4 rings (SSSR count). The van der Waals surface area contributed by atoms with Gasteiger partial charge in [0.2, 0.25) is 5.91 Å². The van der Waals surface area contributed by atoms with E-state index < -0.39 is 0 Å². The molecule has 2 amide bonds. The maximum absolute atomic E-state index is 13.0. The third-order valence-corrected chi connectivity index (χ3v) is 5.09. The molecule has 0 radical (unpaired) electrons. The van der Waals surface area contributed by atoms with E-state index in [1.165, 1.54) is 0 Å². The van der Waals surface area contributed by atoms with Crippen molar-refractivity contribution in [1.29, 1.82) is 0 Å². The highest BCUT2D eigenvalue weighted by Gasteiger charge is 2.23. The highest BCUT2D eigenvalue weighted by molar-refractivity contribution is 6.08. The van der Waals surface area contributed by atoms with Crippen molar-refractivity contribution in [3.8, 4) is 0 Å². The van der Waals surface area contributed by atoms with Crippen molar-refractivity contribution < 1.29 is 14.0 Å². The van der Waals surface area contributed by atoms with Crippen LogP contribution in [-0.2, 0) is 24.2 Å².